The lowest BCUT2D eigenvalue weighted by Crippen LogP contribution is -2.33. The van der Waals surface area contributed by atoms with Crippen molar-refractivity contribution in [3.8, 4) is 5.75 Å². The molecule has 0 atom stereocenters. The number of amides is 3. The molecule has 0 unspecified atom stereocenters. The van der Waals surface area contributed by atoms with Crippen molar-refractivity contribution in [1.82, 2.24) is 10.2 Å². The van der Waals surface area contributed by atoms with Gasteiger partial charge in [-0.05, 0) is 48.9 Å². The van der Waals surface area contributed by atoms with Crippen LogP contribution in [-0.4, -0.2) is 41.6 Å². The normalized spacial score (nSPS) is 12.1. The van der Waals surface area contributed by atoms with Gasteiger partial charge in [-0.1, -0.05) is 24.3 Å². The Bertz CT molecular complexity index is 1330. The molecule has 4 N–H and O–H groups in total. The van der Waals surface area contributed by atoms with Gasteiger partial charge in [-0.2, -0.15) is 0 Å². The number of nitrogens with two attached hydrogens (primary N) is 1. The Hall–Kier alpha value is -4.24. The summed E-state index contributed by atoms with van der Waals surface area (Å²) in [4.78, 5) is 38.8. The second kappa shape index (κ2) is 11.0. The number of fused-ring (bicyclic) bond motifs is 1. The molecule has 0 saturated carbocycles. The summed E-state index contributed by atoms with van der Waals surface area (Å²) in [7, 11) is 0. The van der Waals surface area contributed by atoms with Crippen molar-refractivity contribution in [2.45, 2.75) is 13.5 Å². The minimum atomic E-state index is -0.393. The molecule has 36 heavy (non-hydrogen) atoms. The van der Waals surface area contributed by atoms with Crippen molar-refractivity contribution in [2.75, 3.05) is 13.2 Å². The first kappa shape index (κ1) is 26.4. The molecule has 186 valence electrons. The highest BCUT2D eigenvalue weighted by atomic mass is 35.5. The van der Waals surface area contributed by atoms with Gasteiger partial charge in [0.1, 0.15) is 24.0 Å². The van der Waals surface area contributed by atoms with Gasteiger partial charge in [0.2, 0.25) is 0 Å². The van der Waals surface area contributed by atoms with Crippen molar-refractivity contribution < 1.29 is 23.5 Å². The summed E-state index contributed by atoms with van der Waals surface area (Å²) in [5, 5.41) is 10.5. The number of ether oxygens (including phenoxy) is 1. The van der Waals surface area contributed by atoms with Crippen LogP contribution in [0.5, 0.6) is 5.75 Å². The number of nitrogen functional groups attached to an aromatic ring is 1. The van der Waals surface area contributed by atoms with Crippen LogP contribution in [0, 0.1) is 18.2 Å². The number of benzene rings is 3. The van der Waals surface area contributed by atoms with Crippen LogP contribution in [0.15, 0.2) is 60.7 Å². The lowest BCUT2D eigenvalue weighted by Gasteiger charge is -2.17. The monoisotopic (exact) mass is 510 g/mol. The van der Waals surface area contributed by atoms with Gasteiger partial charge in [0, 0.05) is 23.2 Å². The standard InChI is InChI=1S/C26H23FN4O4.ClH/c1-15-12-17(8-9-21(15)27)24(32)30-14-18-7-6-16(23(28)29)13-22(18)35-11-10-31-25(33)19-4-2-3-5-20(19)26(31)34;/h2-9,12-13H,10-11,14H2,1H3,(H3,28,29)(H,30,32);1H. The first-order chi connectivity index (χ1) is 16.8. The Labute approximate surface area is 213 Å². The Morgan fingerprint density at radius 2 is 1.67 bits per heavy atom. The zero-order valence-electron chi connectivity index (χ0n) is 19.3. The van der Waals surface area contributed by atoms with Crippen molar-refractivity contribution in [2.24, 2.45) is 5.73 Å². The second-order valence-electron chi connectivity index (χ2n) is 8.04. The van der Waals surface area contributed by atoms with Gasteiger partial charge in [-0.15, -0.1) is 12.4 Å². The summed E-state index contributed by atoms with van der Waals surface area (Å²) in [5.74, 6) is -1.35. The van der Waals surface area contributed by atoms with Crippen LogP contribution in [0.25, 0.3) is 0 Å². The Morgan fingerprint density at radius 3 is 2.28 bits per heavy atom. The van der Waals surface area contributed by atoms with Crippen LogP contribution in [0.3, 0.4) is 0 Å². The van der Waals surface area contributed by atoms with Gasteiger partial charge in [0.15, 0.2) is 0 Å². The van der Waals surface area contributed by atoms with Crippen molar-refractivity contribution >= 4 is 36.0 Å². The van der Waals surface area contributed by atoms with E-state index in [0.29, 0.717) is 39.1 Å². The number of carbonyl (C=O) groups excluding carboxylic acids is 3. The van der Waals surface area contributed by atoms with Crippen LogP contribution in [0.1, 0.15) is 47.8 Å². The topological polar surface area (TPSA) is 126 Å². The first-order valence-electron chi connectivity index (χ1n) is 10.9. The molecule has 10 heteroatoms. The highest BCUT2D eigenvalue weighted by molar-refractivity contribution is 6.21. The minimum absolute atomic E-state index is 0. The maximum Gasteiger partial charge on any atom is 0.261 e. The summed E-state index contributed by atoms with van der Waals surface area (Å²) in [5.41, 5.74) is 8.02. The number of carbonyl (C=O) groups is 3. The molecular weight excluding hydrogens is 487 g/mol. The zero-order chi connectivity index (χ0) is 25.1. The first-order valence-corrected chi connectivity index (χ1v) is 10.9. The number of imide groups is 1. The minimum Gasteiger partial charge on any atom is -0.491 e. The molecule has 0 aliphatic carbocycles. The summed E-state index contributed by atoms with van der Waals surface area (Å²) in [6.07, 6.45) is 0. The molecule has 0 spiro atoms. The molecule has 0 aromatic heterocycles. The number of rotatable bonds is 8. The SMILES string of the molecule is Cc1cc(C(=O)NCc2ccc(C(=N)N)cc2OCCN2C(=O)c3ccccc3C2=O)ccc1F.Cl. The van der Waals surface area contributed by atoms with Gasteiger partial charge in [-0.3, -0.25) is 24.7 Å². The molecule has 0 saturated heterocycles. The third-order valence-corrected chi connectivity index (χ3v) is 5.69. The van der Waals surface area contributed by atoms with E-state index in [9.17, 15) is 18.8 Å². The number of aryl methyl sites for hydroxylation is 1. The maximum absolute atomic E-state index is 13.5. The maximum atomic E-state index is 13.5. The fraction of sp³-hybridized carbons (Fsp3) is 0.154. The number of halogens is 2. The molecule has 4 rings (SSSR count). The largest absolute Gasteiger partial charge is 0.491 e. The van der Waals surface area contributed by atoms with E-state index in [1.807, 2.05) is 0 Å². The van der Waals surface area contributed by atoms with E-state index >= 15 is 0 Å². The van der Waals surface area contributed by atoms with Crippen LogP contribution >= 0.6 is 12.4 Å². The van der Waals surface area contributed by atoms with E-state index in [1.54, 1.807) is 49.4 Å². The third-order valence-electron chi connectivity index (χ3n) is 5.69. The van der Waals surface area contributed by atoms with Crippen molar-refractivity contribution in [3.63, 3.8) is 0 Å². The van der Waals surface area contributed by atoms with E-state index in [4.69, 9.17) is 15.9 Å². The van der Waals surface area contributed by atoms with E-state index in [-0.39, 0.29) is 55.7 Å². The van der Waals surface area contributed by atoms with Crippen LogP contribution < -0.4 is 15.8 Å². The highest BCUT2D eigenvalue weighted by Crippen LogP contribution is 2.24. The molecular formula is C26H24ClFN4O4. The van der Waals surface area contributed by atoms with Crippen LogP contribution in [0.4, 0.5) is 4.39 Å². The molecule has 1 aliphatic rings. The Morgan fingerprint density at radius 1 is 1.03 bits per heavy atom. The molecule has 1 aliphatic heterocycles. The van der Waals surface area contributed by atoms with E-state index in [2.05, 4.69) is 5.32 Å². The Balaban J connectivity index is 0.00000361. The number of amidine groups is 1. The number of hydrogen-bond acceptors (Lipinski definition) is 5. The van der Waals surface area contributed by atoms with Gasteiger partial charge >= 0.3 is 0 Å². The molecule has 3 amide bonds. The molecule has 0 bridgehead atoms. The summed E-state index contributed by atoms with van der Waals surface area (Å²) in [6.45, 7) is 1.70. The molecule has 8 nitrogen and oxygen atoms in total. The smallest absolute Gasteiger partial charge is 0.261 e. The van der Waals surface area contributed by atoms with Gasteiger partial charge in [0.05, 0.1) is 17.7 Å². The zero-order valence-corrected chi connectivity index (χ0v) is 20.2. The lowest BCUT2D eigenvalue weighted by atomic mass is 10.1. The Kier molecular flexibility index (Phi) is 8.06. The number of nitrogens with zero attached hydrogens (tertiary/aromatic N) is 1. The molecule has 3 aromatic rings. The average Bonchev–Trinajstić information content (AvgIpc) is 3.09. The predicted molar refractivity (Wildman–Crippen MR) is 134 cm³/mol. The van der Waals surface area contributed by atoms with Gasteiger partial charge in [-0.25, -0.2) is 4.39 Å². The van der Waals surface area contributed by atoms with E-state index in [1.165, 1.54) is 18.2 Å². The summed E-state index contributed by atoms with van der Waals surface area (Å²) >= 11 is 0. The van der Waals surface area contributed by atoms with Crippen LogP contribution in [0.2, 0.25) is 0 Å². The second-order valence-corrected chi connectivity index (χ2v) is 8.04. The fourth-order valence-corrected chi connectivity index (χ4v) is 3.76. The van der Waals surface area contributed by atoms with Crippen molar-refractivity contribution in [1.29, 1.82) is 5.41 Å². The molecule has 3 aromatic carbocycles. The van der Waals surface area contributed by atoms with Gasteiger partial charge in [0.25, 0.3) is 17.7 Å². The quantitative estimate of drug-likeness (QED) is 0.243. The van der Waals surface area contributed by atoms with Crippen molar-refractivity contribution in [3.05, 3.63) is 99.9 Å². The average molecular weight is 511 g/mol. The fourth-order valence-electron chi connectivity index (χ4n) is 3.76. The predicted octanol–water partition coefficient (Wildman–Crippen LogP) is 3.44. The summed E-state index contributed by atoms with van der Waals surface area (Å²) < 4.78 is 19.4. The molecule has 0 radical (unpaired) electrons. The lowest BCUT2D eigenvalue weighted by molar-refractivity contribution is 0.0630. The van der Waals surface area contributed by atoms with E-state index in [0.717, 1.165) is 4.90 Å². The number of hydrogen-bond donors (Lipinski definition) is 3. The van der Waals surface area contributed by atoms with Crippen LogP contribution in [-0.2, 0) is 6.54 Å². The van der Waals surface area contributed by atoms with E-state index < -0.39 is 5.82 Å². The summed E-state index contributed by atoms with van der Waals surface area (Å²) in [6, 6.07) is 15.6. The number of nitrogens with one attached hydrogen (secondary N) is 2. The van der Waals surface area contributed by atoms with Gasteiger partial charge < -0.3 is 15.8 Å². The molecule has 1 heterocycles. The molecule has 0 fully saturated rings. The third kappa shape index (κ3) is 5.36. The highest BCUT2D eigenvalue weighted by Gasteiger charge is 2.34.